The molecule has 3 rings (SSSR count). The number of rotatable bonds is 4. The van der Waals surface area contributed by atoms with Crippen molar-refractivity contribution in [2.75, 3.05) is 6.61 Å². The number of nitrogens with zero attached hydrogens (tertiary/aromatic N) is 1. The molecule has 0 aliphatic carbocycles. The quantitative estimate of drug-likeness (QED) is 0.481. The molecule has 10 heteroatoms. The van der Waals surface area contributed by atoms with Gasteiger partial charge in [0.2, 0.25) is 11.2 Å². The van der Waals surface area contributed by atoms with Crippen LogP contribution in [0.1, 0.15) is 5.76 Å². The van der Waals surface area contributed by atoms with E-state index in [4.69, 9.17) is 13.9 Å². The van der Waals surface area contributed by atoms with Crippen molar-refractivity contribution < 1.29 is 31.7 Å². The van der Waals surface area contributed by atoms with Gasteiger partial charge in [0.1, 0.15) is 12.4 Å². The Balaban J connectivity index is 1.59. The molecule has 0 saturated heterocycles. The molecule has 0 radical (unpaired) electrons. The number of ether oxygens (including phenoxy) is 2. The third-order valence-electron chi connectivity index (χ3n) is 3.02. The van der Waals surface area contributed by atoms with Crippen molar-refractivity contribution in [3.63, 3.8) is 0 Å². The summed E-state index contributed by atoms with van der Waals surface area (Å²) < 4.78 is 47.9. The van der Waals surface area contributed by atoms with E-state index < -0.39 is 27.2 Å². The van der Waals surface area contributed by atoms with Crippen LogP contribution >= 0.6 is 0 Å². The second kappa shape index (κ2) is 6.34. The third kappa shape index (κ3) is 3.55. The smallest absolute Gasteiger partial charge is 0.284 e. The summed E-state index contributed by atoms with van der Waals surface area (Å²) in [5.41, 5.74) is 2.22. The van der Waals surface area contributed by atoms with Crippen LogP contribution in [0.3, 0.4) is 0 Å². The Hall–Kier alpha value is -2.85. The number of carbonyl (C=O) groups is 1. The molecule has 1 N–H and O–H groups in total. The van der Waals surface area contributed by atoms with Gasteiger partial charge in [0.05, 0.1) is 6.21 Å². The first-order chi connectivity index (χ1) is 11.4. The summed E-state index contributed by atoms with van der Waals surface area (Å²) in [5, 5.41) is 2.89. The molecule has 1 aromatic carbocycles. The number of para-hydroxylation sites is 2. The summed E-state index contributed by atoms with van der Waals surface area (Å²) in [7, 11) is -4.67. The number of nitrogens with one attached hydrogen (secondary N) is 1. The molecule has 126 valence electrons. The van der Waals surface area contributed by atoms with Gasteiger partial charge in [-0.05, 0) is 24.3 Å². The zero-order valence-electron chi connectivity index (χ0n) is 12.0. The van der Waals surface area contributed by atoms with Gasteiger partial charge < -0.3 is 18.4 Å². The van der Waals surface area contributed by atoms with E-state index >= 15 is 0 Å². The van der Waals surface area contributed by atoms with E-state index in [1.807, 2.05) is 0 Å². The van der Waals surface area contributed by atoms with E-state index in [-0.39, 0.29) is 12.4 Å². The van der Waals surface area contributed by atoms with Gasteiger partial charge in [0.25, 0.3) is 5.91 Å². The Labute approximate surface area is 136 Å². The molecule has 1 aromatic heterocycles. The van der Waals surface area contributed by atoms with Crippen molar-refractivity contribution in [1.29, 1.82) is 0 Å². The zero-order chi connectivity index (χ0) is 17.2. The monoisotopic (exact) mass is 351 g/mol. The third-order valence-corrected chi connectivity index (χ3v) is 3.73. The van der Waals surface area contributed by atoms with E-state index in [0.29, 0.717) is 11.5 Å². The largest absolute Gasteiger partial charge is 0.742 e. The highest BCUT2D eigenvalue weighted by atomic mass is 32.2. The number of amides is 1. The van der Waals surface area contributed by atoms with Crippen molar-refractivity contribution >= 4 is 22.2 Å². The number of hydrazone groups is 1. The summed E-state index contributed by atoms with van der Waals surface area (Å²) in [4.78, 5) is 12.0. The standard InChI is InChI=1S/C14H12N2O7S/c17-14(12-8-21-10-3-1-2-4-11(10)23-12)16-15-7-9-5-6-13(22-9)24(18,19)20/h1-7,12H,8H2,(H,16,17)(H,18,19,20)/p-1/b15-7+/t12-/m0/s1. The first-order valence-corrected chi connectivity index (χ1v) is 8.11. The lowest BCUT2D eigenvalue weighted by atomic mass is 10.2. The number of carbonyl (C=O) groups excluding carboxylic acids is 1. The van der Waals surface area contributed by atoms with Gasteiger partial charge in [-0.2, -0.15) is 5.10 Å². The van der Waals surface area contributed by atoms with Gasteiger partial charge in [-0.3, -0.25) is 4.79 Å². The molecule has 2 heterocycles. The van der Waals surface area contributed by atoms with Crippen molar-refractivity contribution in [3.05, 3.63) is 42.2 Å². The highest BCUT2D eigenvalue weighted by Crippen LogP contribution is 2.30. The maximum absolute atomic E-state index is 12.0. The van der Waals surface area contributed by atoms with Crippen LogP contribution in [0.4, 0.5) is 0 Å². The van der Waals surface area contributed by atoms with Crippen molar-refractivity contribution in [2.24, 2.45) is 5.10 Å². The molecule has 0 saturated carbocycles. The van der Waals surface area contributed by atoms with Gasteiger partial charge in [0, 0.05) is 0 Å². The van der Waals surface area contributed by atoms with Gasteiger partial charge in [0.15, 0.2) is 21.6 Å². The summed E-state index contributed by atoms with van der Waals surface area (Å²) >= 11 is 0. The van der Waals surface area contributed by atoms with Gasteiger partial charge in [-0.15, -0.1) is 0 Å². The lowest BCUT2D eigenvalue weighted by Gasteiger charge is -2.24. The molecule has 1 aliphatic heterocycles. The van der Waals surface area contributed by atoms with E-state index in [2.05, 4.69) is 10.5 Å². The van der Waals surface area contributed by atoms with Crippen molar-refractivity contribution in [1.82, 2.24) is 5.43 Å². The molecule has 0 spiro atoms. The molecule has 1 amide bonds. The minimum atomic E-state index is -4.67. The van der Waals surface area contributed by atoms with Crippen LogP contribution in [0.15, 0.2) is 51.0 Å². The molecule has 9 nitrogen and oxygen atoms in total. The SMILES string of the molecule is O=C(N/N=C/c1ccc(S(=O)(=O)[O-])o1)[C@@H]1COc2ccccc2O1. The van der Waals surface area contributed by atoms with Crippen LogP contribution in [-0.2, 0) is 14.9 Å². The fourth-order valence-corrected chi connectivity index (χ4v) is 2.35. The van der Waals surface area contributed by atoms with E-state index in [9.17, 15) is 17.8 Å². The van der Waals surface area contributed by atoms with Crippen molar-refractivity contribution in [2.45, 2.75) is 11.2 Å². The highest BCUT2D eigenvalue weighted by molar-refractivity contribution is 7.85. The number of fused-ring (bicyclic) bond motifs is 1. The van der Waals surface area contributed by atoms with Crippen LogP contribution in [0.5, 0.6) is 11.5 Å². The van der Waals surface area contributed by atoms with Crippen LogP contribution in [0, 0.1) is 0 Å². The lowest BCUT2D eigenvalue weighted by molar-refractivity contribution is -0.130. The van der Waals surface area contributed by atoms with Crippen molar-refractivity contribution in [3.8, 4) is 11.5 Å². The number of hydrogen-bond acceptors (Lipinski definition) is 8. The summed E-state index contributed by atoms with van der Waals surface area (Å²) in [6.45, 7) is 0.0255. The van der Waals surface area contributed by atoms with Gasteiger partial charge >= 0.3 is 0 Å². The summed E-state index contributed by atoms with van der Waals surface area (Å²) in [6, 6.07) is 9.16. The second-order valence-electron chi connectivity index (χ2n) is 4.71. The Morgan fingerprint density at radius 3 is 2.71 bits per heavy atom. The lowest BCUT2D eigenvalue weighted by Crippen LogP contribution is -2.42. The molecular weight excluding hydrogens is 340 g/mol. The first-order valence-electron chi connectivity index (χ1n) is 6.70. The second-order valence-corrected chi connectivity index (χ2v) is 6.02. The topological polar surface area (TPSA) is 130 Å². The predicted octanol–water partition coefficient (Wildman–Crippen LogP) is 0.474. The summed E-state index contributed by atoms with van der Waals surface area (Å²) in [5.74, 6) is 0.441. The van der Waals surface area contributed by atoms with Gasteiger partial charge in [-0.25, -0.2) is 13.8 Å². The Kier molecular flexibility index (Phi) is 4.23. The average Bonchev–Trinajstić information content (AvgIpc) is 3.03. The molecule has 0 fully saturated rings. The van der Waals surface area contributed by atoms with Crippen LogP contribution in [0.2, 0.25) is 0 Å². The maximum Gasteiger partial charge on any atom is 0.284 e. The normalized spacial score (nSPS) is 17.0. The molecule has 1 aliphatic rings. The number of hydrogen-bond donors (Lipinski definition) is 1. The highest BCUT2D eigenvalue weighted by Gasteiger charge is 2.26. The minimum Gasteiger partial charge on any atom is -0.742 e. The molecule has 0 unspecified atom stereocenters. The fraction of sp³-hybridized carbons (Fsp3) is 0.143. The Morgan fingerprint density at radius 1 is 1.25 bits per heavy atom. The fourth-order valence-electron chi connectivity index (χ4n) is 1.92. The maximum atomic E-state index is 12.0. The number of benzene rings is 1. The van der Waals surface area contributed by atoms with E-state index in [0.717, 1.165) is 12.3 Å². The molecular formula is C14H11N2O7S-. The number of furan rings is 1. The minimum absolute atomic E-state index is 0.00381. The van der Waals surface area contributed by atoms with Crippen LogP contribution in [0.25, 0.3) is 0 Å². The first kappa shape index (κ1) is 16.0. The molecule has 2 aromatic rings. The molecule has 24 heavy (non-hydrogen) atoms. The van der Waals surface area contributed by atoms with Crippen LogP contribution in [-0.4, -0.2) is 37.8 Å². The van der Waals surface area contributed by atoms with E-state index in [1.54, 1.807) is 24.3 Å². The predicted molar refractivity (Wildman–Crippen MR) is 78.8 cm³/mol. The summed E-state index contributed by atoms with van der Waals surface area (Å²) in [6.07, 6.45) is 0.177. The molecule has 0 bridgehead atoms. The Bertz CT molecular complexity index is 888. The average molecular weight is 351 g/mol. The molecule has 1 atom stereocenters. The van der Waals surface area contributed by atoms with E-state index in [1.165, 1.54) is 6.07 Å². The Morgan fingerprint density at radius 2 is 2.00 bits per heavy atom. The van der Waals surface area contributed by atoms with Gasteiger partial charge in [-0.1, -0.05) is 12.1 Å². The zero-order valence-corrected chi connectivity index (χ0v) is 12.9. The van der Waals surface area contributed by atoms with Crippen LogP contribution < -0.4 is 14.9 Å².